The topological polar surface area (TPSA) is 67.2 Å². The number of aliphatic hydroxyl groups excluding tert-OH is 1. The van der Waals surface area contributed by atoms with Crippen molar-refractivity contribution in [1.29, 1.82) is 0 Å². The van der Waals surface area contributed by atoms with Crippen molar-refractivity contribution in [2.45, 2.75) is 38.3 Å². The Balaban J connectivity index is 1.41. The molecule has 7 heteroatoms. The number of hydrogen-bond donors (Lipinski definition) is 2. The van der Waals surface area contributed by atoms with Gasteiger partial charge in [-0.25, -0.2) is 4.39 Å². The summed E-state index contributed by atoms with van der Waals surface area (Å²) < 4.78 is 16.7. The first-order valence-electron chi connectivity index (χ1n) is 11.9. The van der Waals surface area contributed by atoms with Gasteiger partial charge in [0.2, 0.25) is 0 Å². The van der Waals surface area contributed by atoms with E-state index in [2.05, 4.69) is 10.4 Å². The molecule has 0 atom stereocenters. The van der Waals surface area contributed by atoms with E-state index in [-0.39, 0.29) is 30.9 Å². The van der Waals surface area contributed by atoms with Crippen LogP contribution < -0.4 is 5.32 Å². The van der Waals surface area contributed by atoms with E-state index in [1.165, 1.54) is 6.07 Å². The van der Waals surface area contributed by atoms with Gasteiger partial charge in [-0.1, -0.05) is 54.1 Å². The van der Waals surface area contributed by atoms with Crippen LogP contribution in [0.25, 0.3) is 22.0 Å². The molecular formula is C28H27ClFN3O2. The Bertz CT molecular complexity index is 1350. The summed E-state index contributed by atoms with van der Waals surface area (Å²) in [5.74, 6) is -0.229. The third-order valence-corrected chi connectivity index (χ3v) is 7.08. The van der Waals surface area contributed by atoms with E-state index >= 15 is 4.39 Å². The van der Waals surface area contributed by atoms with Gasteiger partial charge in [0, 0.05) is 28.6 Å². The molecule has 1 fully saturated rings. The minimum Gasteiger partial charge on any atom is -0.396 e. The Hall–Kier alpha value is -3.22. The standard InChI is InChI=1S/C28H27ClFN3O2/c29-23-12-22-15-31-33(16-21-9-8-20(13-26(21)30)19-4-2-1-3-5-19)27(22)25(14-23)28(35)32-24-10-6-18(17-34)7-11-24/h1-5,8-9,12-15,18,24,34H,6-7,10-11,16-17H2,(H,32,35). The average molecular weight is 492 g/mol. The van der Waals surface area contributed by atoms with Gasteiger partial charge in [0.1, 0.15) is 5.82 Å². The maximum absolute atomic E-state index is 15.1. The number of halogens is 2. The molecule has 1 amide bonds. The molecular weight excluding hydrogens is 465 g/mol. The Morgan fingerprint density at radius 1 is 1.06 bits per heavy atom. The lowest BCUT2D eigenvalue weighted by atomic mass is 9.86. The van der Waals surface area contributed by atoms with Gasteiger partial charge in [0.15, 0.2) is 0 Å². The van der Waals surface area contributed by atoms with Crippen LogP contribution in [0, 0.1) is 11.7 Å². The molecule has 5 rings (SSSR count). The molecule has 1 aliphatic rings. The molecule has 5 nitrogen and oxygen atoms in total. The number of amides is 1. The second-order valence-electron chi connectivity index (χ2n) is 9.24. The third-order valence-electron chi connectivity index (χ3n) is 6.86. The van der Waals surface area contributed by atoms with Crippen LogP contribution in [0.2, 0.25) is 5.02 Å². The maximum Gasteiger partial charge on any atom is 0.253 e. The first kappa shape index (κ1) is 23.5. The maximum atomic E-state index is 15.1. The smallest absolute Gasteiger partial charge is 0.253 e. The largest absolute Gasteiger partial charge is 0.396 e. The molecule has 2 N–H and O–H groups in total. The Morgan fingerprint density at radius 3 is 2.54 bits per heavy atom. The lowest BCUT2D eigenvalue weighted by Gasteiger charge is -2.28. The summed E-state index contributed by atoms with van der Waals surface area (Å²) >= 11 is 6.31. The first-order chi connectivity index (χ1) is 17.0. The van der Waals surface area contributed by atoms with Crippen molar-refractivity contribution in [3.63, 3.8) is 0 Å². The minimum absolute atomic E-state index is 0.0543. The van der Waals surface area contributed by atoms with Gasteiger partial charge in [-0.2, -0.15) is 5.10 Å². The average Bonchev–Trinajstić information content (AvgIpc) is 3.28. The molecule has 35 heavy (non-hydrogen) atoms. The number of rotatable bonds is 6. The highest BCUT2D eigenvalue weighted by molar-refractivity contribution is 6.32. The quantitative estimate of drug-likeness (QED) is 0.357. The zero-order chi connectivity index (χ0) is 24.4. The highest BCUT2D eigenvalue weighted by Crippen LogP contribution is 2.28. The third kappa shape index (κ3) is 5.09. The second-order valence-corrected chi connectivity index (χ2v) is 9.68. The van der Waals surface area contributed by atoms with E-state index in [1.54, 1.807) is 29.1 Å². The van der Waals surface area contributed by atoms with E-state index < -0.39 is 0 Å². The fourth-order valence-corrected chi connectivity index (χ4v) is 5.12. The lowest BCUT2D eigenvalue weighted by Crippen LogP contribution is -2.38. The second kappa shape index (κ2) is 10.2. The number of carbonyl (C=O) groups is 1. The monoisotopic (exact) mass is 491 g/mol. The summed E-state index contributed by atoms with van der Waals surface area (Å²) in [4.78, 5) is 13.3. The van der Waals surface area contributed by atoms with Crippen LogP contribution in [0.1, 0.15) is 41.6 Å². The number of benzene rings is 3. The summed E-state index contributed by atoms with van der Waals surface area (Å²) in [6, 6.07) is 18.3. The highest BCUT2D eigenvalue weighted by atomic mass is 35.5. The minimum atomic E-state index is -0.324. The summed E-state index contributed by atoms with van der Waals surface area (Å²) in [7, 11) is 0. The first-order valence-corrected chi connectivity index (χ1v) is 12.3. The number of aromatic nitrogens is 2. The SMILES string of the molecule is O=C(NC1CCC(CO)CC1)c1cc(Cl)cc2cnn(Cc3ccc(-c4ccccc4)cc3F)c12. The lowest BCUT2D eigenvalue weighted by molar-refractivity contribution is 0.0915. The van der Waals surface area contributed by atoms with Crippen LogP contribution in [-0.4, -0.2) is 33.4 Å². The number of nitrogens with zero attached hydrogens (tertiary/aromatic N) is 2. The zero-order valence-corrected chi connectivity index (χ0v) is 20.0. The van der Waals surface area contributed by atoms with Crippen LogP contribution in [-0.2, 0) is 6.54 Å². The summed E-state index contributed by atoms with van der Waals surface area (Å²) in [6.07, 6.45) is 5.10. The number of fused-ring (bicyclic) bond motifs is 1. The van der Waals surface area contributed by atoms with Gasteiger partial charge >= 0.3 is 0 Å². The van der Waals surface area contributed by atoms with E-state index in [1.807, 2.05) is 36.4 Å². The van der Waals surface area contributed by atoms with Crippen LogP contribution >= 0.6 is 11.6 Å². The summed E-state index contributed by atoms with van der Waals surface area (Å²) in [6.45, 7) is 0.381. The Morgan fingerprint density at radius 2 is 1.83 bits per heavy atom. The number of hydrogen-bond acceptors (Lipinski definition) is 3. The molecule has 0 saturated heterocycles. The van der Waals surface area contributed by atoms with Crippen molar-refractivity contribution < 1.29 is 14.3 Å². The van der Waals surface area contributed by atoms with Crippen molar-refractivity contribution in [2.24, 2.45) is 5.92 Å². The molecule has 1 heterocycles. The van der Waals surface area contributed by atoms with E-state index in [4.69, 9.17) is 11.6 Å². The van der Waals surface area contributed by atoms with Gasteiger partial charge in [-0.15, -0.1) is 0 Å². The number of aliphatic hydroxyl groups is 1. The summed E-state index contributed by atoms with van der Waals surface area (Å²) in [5.41, 5.74) is 3.29. The number of nitrogens with one attached hydrogen (secondary N) is 1. The molecule has 1 saturated carbocycles. The van der Waals surface area contributed by atoms with Crippen molar-refractivity contribution in [3.8, 4) is 11.1 Å². The van der Waals surface area contributed by atoms with Crippen molar-refractivity contribution in [1.82, 2.24) is 15.1 Å². The predicted molar refractivity (Wildman–Crippen MR) is 136 cm³/mol. The van der Waals surface area contributed by atoms with Crippen LogP contribution in [0.5, 0.6) is 0 Å². The van der Waals surface area contributed by atoms with Crippen molar-refractivity contribution in [2.75, 3.05) is 6.61 Å². The van der Waals surface area contributed by atoms with E-state index in [9.17, 15) is 9.90 Å². The van der Waals surface area contributed by atoms with Gasteiger partial charge in [0.05, 0.1) is 23.8 Å². The summed E-state index contributed by atoms with van der Waals surface area (Å²) in [5, 5.41) is 18.1. The molecule has 0 aliphatic heterocycles. The zero-order valence-electron chi connectivity index (χ0n) is 19.3. The van der Waals surface area contributed by atoms with E-state index in [0.29, 0.717) is 27.6 Å². The fourth-order valence-electron chi connectivity index (χ4n) is 4.89. The van der Waals surface area contributed by atoms with Gasteiger partial charge < -0.3 is 10.4 Å². The molecule has 4 aromatic rings. The predicted octanol–water partition coefficient (Wildman–Crippen LogP) is 5.83. The molecule has 1 aromatic heterocycles. The van der Waals surface area contributed by atoms with Crippen LogP contribution in [0.3, 0.4) is 0 Å². The van der Waals surface area contributed by atoms with Crippen LogP contribution in [0.4, 0.5) is 4.39 Å². The normalized spacial score (nSPS) is 18.0. The van der Waals surface area contributed by atoms with Crippen LogP contribution in [0.15, 0.2) is 66.9 Å². The van der Waals surface area contributed by atoms with Gasteiger partial charge in [-0.3, -0.25) is 9.48 Å². The molecule has 3 aromatic carbocycles. The van der Waals surface area contributed by atoms with E-state index in [0.717, 1.165) is 42.2 Å². The Labute approximate surface area is 208 Å². The fraction of sp³-hybridized carbons (Fsp3) is 0.286. The molecule has 0 spiro atoms. The molecule has 0 radical (unpaired) electrons. The molecule has 0 bridgehead atoms. The van der Waals surface area contributed by atoms with Gasteiger partial charge in [0.25, 0.3) is 5.91 Å². The Kier molecular flexibility index (Phi) is 6.84. The molecule has 180 valence electrons. The highest BCUT2D eigenvalue weighted by Gasteiger charge is 2.24. The number of carbonyl (C=O) groups excluding carboxylic acids is 1. The van der Waals surface area contributed by atoms with Crippen molar-refractivity contribution in [3.05, 3.63) is 88.8 Å². The van der Waals surface area contributed by atoms with Crippen molar-refractivity contribution >= 4 is 28.4 Å². The van der Waals surface area contributed by atoms with Gasteiger partial charge in [-0.05, 0) is 60.9 Å². The molecule has 1 aliphatic carbocycles. The molecule has 0 unspecified atom stereocenters.